The van der Waals surface area contributed by atoms with Gasteiger partial charge >= 0.3 is 12.1 Å². The molecular weight excluding hydrogens is 410 g/mol. The van der Waals surface area contributed by atoms with Crippen LogP contribution in [0.3, 0.4) is 0 Å². The van der Waals surface area contributed by atoms with Crippen molar-refractivity contribution in [1.82, 2.24) is 19.8 Å². The van der Waals surface area contributed by atoms with Gasteiger partial charge in [-0.2, -0.15) is 0 Å². The van der Waals surface area contributed by atoms with Crippen molar-refractivity contribution in [3.63, 3.8) is 0 Å². The fraction of sp³-hybridized carbons (Fsp3) is 0.250. The molecule has 30 heavy (non-hydrogen) atoms. The Morgan fingerprint density at radius 1 is 1.13 bits per heavy atom. The Morgan fingerprint density at radius 3 is 2.67 bits per heavy atom. The average molecular weight is 430 g/mol. The van der Waals surface area contributed by atoms with Crippen LogP contribution in [0, 0.1) is 0 Å². The Morgan fingerprint density at radius 2 is 1.90 bits per heavy atom. The maximum absolute atomic E-state index is 12.3. The van der Waals surface area contributed by atoms with Crippen LogP contribution >= 0.6 is 11.6 Å². The maximum atomic E-state index is 12.3. The molecular formula is C20H20ClN5O4. The van der Waals surface area contributed by atoms with Crippen molar-refractivity contribution in [3.05, 3.63) is 47.7 Å². The average Bonchev–Trinajstić information content (AvgIpc) is 3.10. The van der Waals surface area contributed by atoms with Crippen LogP contribution in [0.1, 0.15) is 0 Å². The zero-order valence-corrected chi connectivity index (χ0v) is 17.0. The largest absolute Gasteiger partial charge is 0.457 e. The summed E-state index contributed by atoms with van der Waals surface area (Å²) >= 11 is 6.28. The number of benzene rings is 1. The molecule has 3 amide bonds. The van der Waals surface area contributed by atoms with Crippen molar-refractivity contribution in [2.45, 2.75) is 0 Å². The summed E-state index contributed by atoms with van der Waals surface area (Å²) in [4.78, 5) is 30.1. The molecule has 1 saturated heterocycles. The lowest BCUT2D eigenvalue weighted by Gasteiger charge is -2.26. The quantitative estimate of drug-likeness (QED) is 0.663. The Kier molecular flexibility index (Phi) is 5.73. The van der Waals surface area contributed by atoms with E-state index in [0.29, 0.717) is 59.5 Å². The molecule has 3 aromatic rings. The number of morpholine rings is 1. The van der Waals surface area contributed by atoms with Gasteiger partial charge in [-0.3, -0.25) is 9.88 Å². The summed E-state index contributed by atoms with van der Waals surface area (Å²) < 4.78 is 12.6. The highest BCUT2D eigenvalue weighted by Gasteiger charge is 2.17. The highest BCUT2D eigenvalue weighted by atomic mass is 35.5. The van der Waals surface area contributed by atoms with Crippen molar-refractivity contribution in [2.75, 3.05) is 38.7 Å². The minimum Gasteiger partial charge on any atom is -0.457 e. The Bertz CT molecular complexity index is 1090. The van der Waals surface area contributed by atoms with Crippen LogP contribution < -0.4 is 15.4 Å². The number of aromatic nitrogens is 2. The first-order valence-corrected chi connectivity index (χ1v) is 9.73. The van der Waals surface area contributed by atoms with E-state index in [1.165, 1.54) is 4.57 Å². The predicted octanol–water partition coefficient (Wildman–Crippen LogP) is 3.53. The fourth-order valence-electron chi connectivity index (χ4n) is 3.16. The SMILES string of the molecule is CNC(=O)n1cc(Cl)c2cc(Oc3ccnc(NC(=O)N4CCOCC4)c3)ccc21. The second kappa shape index (κ2) is 8.60. The van der Waals surface area contributed by atoms with Gasteiger partial charge in [-0.05, 0) is 24.3 Å². The summed E-state index contributed by atoms with van der Waals surface area (Å²) in [5.41, 5.74) is 0.667. The Balaban J connectivity index is 1.51. The van der Waals surface area contributed by atoms with Gasteiger partial charge in [0.05, 0.1) is 23.8 Å². The summed E-state index contributed by atoms with van der Waals surface area (Å²) in [5.74, 6) is 1.42. The molecule has 10 heteroatoms. The van der Waals surface area contributed by atoms with E-state index in [1.54, 1.807) is 54.7 Å². The first-order valence-electron chi connectivity index (χ1n) is 9.35. The number of nitrogens with zero attached hydrogens (tertiary/aromatic N) is 3. The molecule has 1 aliphatic rings. The normalized spacial score (nSPS) is 13.9. The minimum absolute atomic E-state index is 0.230. The molecule has 0 atom stereocenters. The highest BCUT2D eigenvalue weighted by Crippen LogP contribution is 2.31. The van der Waals surface area contributed by atoms with Crippen molar-refractivity contribution in [1.29, 1.82) is 0 Å². The number of rotatable bonds is 3. The zero-order chi connectivity index (χ0) is 21.1. The Labute approximate surface area is 177 Å². The number of urea groups is 1. The number of carbonyl (C=O) groups is 2. The molecule has 1 fully saturated rings. The van der Waals surface area contributed by atoms with Crippen molar-refractivity contribution < 1.29 is 19.1 Å². The van der Waals surface area contributed by atoms with Gasteiger partial charge in [-0.15, -0.1) is 0 Å². The molecule has 0 aliphatic carbocycles. The molecule has 0 bridgehead atoms. The topological polar surface area (TPSA) is 97.7 Å². The van der Waals surface area contributed by atoms with Crippen LogP contribution in [0.5, 0.6) is 11.5 Å². The third-order valence-corrected chi connectivity index (χ3v) is 4.96. The first-order chi connectivity index (χ1) is 14.5. The van der Waals surface area contributed by atoms with E-state index >= 15 is 0 Å². The monoisotopic (exact) mass is 429 g/mol. The van der Waals surface area contributed by atoms with Crippen LogP contribution in [0.25, 0.3) is 10.9 Å². The van der Waals surface area contributed by atoms with Gasteiger partial charge in [0.25, 0.3) is 0 Å². The number of ether oxygens (including phenoxy) is 2. The van der Waals surface area contributed by atoms with Gasteiger partial charge < -0.3 is 19.7 Å². The lowest BCUT2D eigenvalue weighted by Crippen LogP contribution is -2.43. The van der Waals surface area contributed by atoms with Crippen LogP contribution in [0.2, 0.25) is 5.02 Å². The number of pyridine rings is 1. The third kappa shape index (κ3) is 4.17. The number of hydrogen-bond donors (Lipinski definition) is 2. The molecule has 0 unspecified atom stereocenters. The highest BCUT2D eigenvalue weighted by molar-refractivity contribution is 6.36. The van der Waals surface area contributed by atoms with Gasteiger partial charge in [-0.1, -0.05) is 11.6 Å². The molecule has 9 nitrogen and oxygen atoms in total. The van der Waals surface area contributed by atoms with Crippen molar-refractivity contribution in [2.24, 2.45) is 0 Å². The van der Waals surface area contributed by atoms with E-state index in [9.17, 15) is 9.59 Å². The van der Waals surface area contributed by atoms with Crippen molar-refractivity contribution in [3.8, 4) is 11.5 Å². The van der Waals surface area contributed by atoms with Gasteiger partial charge in [0, 0.05) is 44.0 Å². The minimum atomic E-state index is -0.282. The molecule has 3 heterocycles. The van der Waals surface area contributed by atoms with Gasteiger partial charge in [-0.25, -0.2) is 14.6 Å². The van der Waals surface area contributed by atoms with E-state index < -0.39 is 0 Å². The molecule has 1 aromatic carbocycles. The summed E-state index contributed by atoms with van der Waals surface area (Å²) in [7, 11) is 1.55. The maximum Gasteiger partial charge on any atom is 0.325 e. The molecule has 4 rings (SSSR count). The summed E-state index contributed by atoms with van der Waals surface area (Å²) in [6.45, 7) is 2.13. The lowest BCUT2D eigenvalue weighted by atomic mass is 10.2. The summed E-state index contributed by atoms with van der Waals surface area (Å²) in [6.07, 6.45) is 3.11. The van der Waals surface area contributed by atoms with E-state index in [1.807, 2.05) is 0 Å². The second-order valence-electron chi connectivity index (χ2n) is 6.59. The molecule has 1 aliphatic heterocycles. The lowest BCUT2D eigenvalue weighted by molar-refractivity contribution is 0.0564. The molecule has 0 radical (unpaired) electrons. The Hall–Kier alpha value is -3.30. The fourth-order valence-corrected chi connectivity index (χ4v) is 3.40. The number of halogens is 1. The number of carbonyl (C=O) groups excluding carboxylic acids is 2. The van der Waals surface area contributed by atoms with Gasteiger partial charge in [0.1, 0.15) is 17.3 Å². The molecule has 0 spiro atoms. The van der Waals surface area contributed by atoms with Crippen LogP contribution in [0.4, 0.5) is 15.4 Å². The molecule has 2 aromatic heterocycles. The summed E-state index contributed by atoms with van der Waals surface area (Å²) in [5, 5.41) is 6.46. The number of amides is 3. The molecule has 156 valence electrons. The predicted molar refractivity (Wildman–Crippen MR) is 113 cm³/mol. The standard InChI is InChI=1S/C20H20ClN5O4/c1-22-19(27)26-12-16(21)15-10-13(2-3-17(15)26)30-14-4-5-23-18(11-14)24-20(28)25-6-8-29-9-7-25/h2-5,10-12H,6-9H2,1H3,(H,22,27)(H,23,24,28). The summed E-state index contributed by atoms with van der Waals surface area (Å²) in [6, 6.07) is 8.07. The smallest absolute Gasteiger partial charge is 0.325 e. The van der Waals surface area contributed by atoms with Gasteiger partial charge in [0.2, 0.25) is 0 Å². The third-order valence-electron chi connectivity index (χ3n) is 4.66. The van der Waals surface area contributed by atoms with Crippen LogP contribution in [0.15, 0.2) is 42.7 Å². The zero-order valence-electron chi connectivity index (χ0n) is 16.2. The van der Waals surface area contributed by atoms with Crippen LogP contribution in [-0.2, 0) is 4.74 Å². The van der Waals surface area contributed by atoms with Crippen molar-refractivity contribution >= 4 is 40.4 Å². The molecule has 0 saturated carbocycles. The van der Waals surface area contributed by atoms with E-state index in [-0.39, 0.29) is 12.1 Å². The van der Waals surface area contributed by atoms with E-state index in [0.717, 1.165) is 0 Å². The van der Waals surface area contributed by atoms with E-state index in [2.05, 4.69) is 15.6 Å². The number of nitrogens with one attached hydrogen (secondary N) is 2. The van der Waals surface area contributed by atoms with E-state index in [4.69, 9.17) is 21.1 Å². The number of anilines is 1. The van der Waals surface area contributed by atoms with Crippen LogP contribution in [-0.4, -0.2) is 59.9 Å². The van der Waals surface area contributed by atoms with Gasteiger partial charge in [0.15, 0.2) is 0 Å². The number of hydrogen-bond acceptors (Lipinski definition) is 5. The number of fused-ring (bicyclic) bond motifs is 1. The second-order valence-corrected chi connectivity index (χ2v) is 7.00. The molecule has 2 N–H and O–H groups in total. The first kappa shape index (κ1) is 20.0.